The molecule has 1 aromatic carbocycles. The van der Waals surface area contributed by atoms with Gasteiger partial charge in [-0.05, 0) is 25.1 Å². The molecule has 13 heavy (non-hydrogen) atoms. The van der Waals surface area contributed by atoms with Crippen LogP contribution in [0.4, 0.5) is 10.1 Å². The summed E-state index contributed by atoms with van der Waals surface area (Å²) in [5.41, 5.74) is 6.14. The lowest BCUT2D eigenvalue weighted by Crippen LogP contribution is -1.95. The van der Waals surface area contributed by atoms with Crippen molar-refractivity contribution in [3.63, 3.8) is 0 Å². The van der Waals surface area contributed by atoms with Crippen LogP contribution in [-0.2, 0) is 4.74 Å². The maximum absolute atomic E-state index is 13.2. The highest BCUT2D eigenvalue weighted by atomic mass is 19.1. The number of ether oxygens (including phenoxy) is 1. The van der Waals surface area contributed by atoms with Crippen LogP contribution in [-0.4, -0.2) is 6.61 Å². The van der Waals surface area contributed by atoms with Gasteiger partial charge < -0.3 is 10.5 Å². The van der Waals surface area contributed by atoms with Crippen molar-refractivity contribution < 1.29 is 9.13 Å². The minimum atomic E-state index is -0.404. The molecular formula is C10H12FNO. The molecule has 2 nitrogen and oxygen atoms in total. The zero-order chi connectivity index (χ0) is 9.84. The first-order chi connectivity index (χ1) is 6.15. The molecule has 0 fully saturated rings. The van der Waals surface area contributed by atoms with Crippen LogP contribution in [0.3, 0.4) is 0 Å². The molecule has 0 aliphatic rings. The second kappa shape index (κ2) is 3.94. The maximum Gasteiger partial charge on any atom is 0.136 e. The molecular weight excluding hydrogens is 169 g/mol. The van der Waals surface area contributed by atoms with Gasteiger partial charge >= 0.3 is 0 Å². The second-order valence-electron chi connectivity index (χ2n) is 2.60. The largest absolute Gasteiger partial charge is 0.494 e. The third-order valence-electron chi connectivity index (χ3n) is 1.61. The molecule has 0 spiro atoms. The van der Waals surface area contributed by atoms with Crippen LogP contribution >= 0.6 is 0 Å². The summed E-state index contributed by atoms with van der Waals surface area (Å²) in [6.45, 7) is 5.90. The van der Waals surface area contributed by atoms with Crippen LogP contribution in [0.1, 0.15) is 12.5 Å². The van der Waals surface area contributed by atoms with Gasteiger partial charge in [0.1, 0.15) is 11.6 Å². The number of rotatable bonds is 3. The third-order valence-corrected chi connectivity index (χ3v) is 1.61. The van der Waals surface area contributed by atoms with E-state index in [1.807, 2.05) is 6.92 Å². The summed E-state index contributed by atoms with van der Waals surface area (Å²) in [6, 6.07) is 4.42. The fourth-order valence-corrected chi connectivity index (χ4v) is 1.01. The zero-order valence-corrected chi connectivity index (χ0v) is 7.51. The number of nitrogen functional groups attached to an aromatic ring is 1. The summed E-state index contributed by atoms with van der Waals surface area (Å²) in [5, 5.41) is 0. The Hall–Kier alpha value is -1.51. The standard InChI is InChI=1S/C10H12FNO/c1-3-13-7(2)9-5-4-8(12)6-10(9)11/h4-6H,2-3,12H2,1H3. The van der Waals surface area contributed by atoms with Crippen molar-refractivity contribution in [1.82, 2.24) is 0 Å². The molecule has 0 saturated heterocycles. The number of hydrogen-bond donors (Lipinski definition) is 1. The first-order valence-corrected chi connectivity index (χ1v) is 4.02. The van der Waals surface area contributed by atoms with Gasteiger partial charge in [-0.25, -0.2) is 4.39 Å². The van der Waals surface area contributed by atoms with E-state index in [2.05, 4.69) is 6.58 Å². The van der Waals surface area contributed by atoms with Crippen molar-refractivity contribution in [1.29, 1.82) is 0 Å². The highest BCUT2D eigenvalue weighted by Crippen LogP contribution is 2.19. The van der Waals surface area contributed by atoms with E-state index >= 15 is 0 Å². The molecule has 70 valence electrons. The molecule has 0 aromatic heterocycles. The Balaban J connectivity index is 2.95. The molecule has 0 saturated carbocycles. The topological polar surface area (TPSA) is 35.2 Å². The number of anilines is 1. The van der Waals surface area contributed by atoms with Gasteiger partial charge in [-0.3, -0.25) is 0 Å². The van der Waals surface area contributed by atoms with Gasteiger partial charge in [0.15, 0.2) is 0 Å². The van der Waals surface area contributed by atoms with Crippen molar-refractivity contribution in [2.75, 3.05) is 12.3 Å². The van der Waals surface area contributed by atoms with E-state index in [0.29, 0.717) is 23.6 Å². The molecule has 0 radical (unpaired) electrons. The first kappa shape index (κ1) is 9.58. The highest BCUT2D eigenvalue weighted by molar-refractivity contribution is 5.60. The Bertz CT molecular complexity index is 323. The van der Waals surface area contributed by atoms with Crippen molar-refractivity contribution >= 4 is 11.4 Å². The van der Waals surface area contributed by atoms with Gasteiger partial charge in [-0.1, -0.05) is 6.58 Å². The van der Waals surface area contributed by atoms with E-state index in [1.54, 1.807) is 12.1 Å². The van der Waals surface area contributed by atoms with E-state index < -0.39 is 5.82 Å². The summed E-state index contributed by atoms with van der Waals surface area (Å²) < 4.78 is 18.3. The van der Waals surface area contributed by atoms with Gasteiger partial charge in [0, 0.05) is 5.69 Å². The van der Waals surface area contributed by atoms with E-state index in [-0.39, 0.29) is 0 Å². The molecule has 3 heteroatoms. The summed E-state index contributed by atoms with van der Waals surface area (Å²) in [7, 11) is 0. The van der Waals surface area contributed by atoms with Crippen molar-refractivity contribution in [2.24, 2.45) is 0 Å². The van der Waals surface area contributed by atoms with Crippen LogP contribution in [0.5, 0.6) is 0 Å². The fraction of sp³-hybridized carbons (Fsp3) is 0.200. The fourth-order valence-electron chi connectivity index (χ4n) is 1.01. The van der Waals surface area contributed by atoms with Gasteiger partial charge in [0.25, 0.3) is 0 Å². The number of nitrogens with two attached hydrogens (primary N) is 1. The van der Waals surface area contributed by atoms with Crippen LogP contribution in [0.25, 0.3) is 5.76 Å². The first-order valence-electron chi connectivity index (χ1n) is 4.02. The molecule has 0 aliphatic heterocycles. The molecule has 2 N–H and O–H groups in total. The summed E-state index contributed by atoms with van der Waals surface area (Å²) >= 11 is 0. The van der Waals surface area contributed by atoms with E-state index in [0.717, 1.165) is 0 Å². The summed E-state index contributed by atoms with van der Waals surface area (Å²) in [4.78, 5) is 0. The molecule has 0 atom stereocenters. The smallest absolute Gasteiger partial charge is 0.136 e. The van der Waals surface area contributed by atoms with Crippen LogP contribution in [0.2, 0.25) is 0 Å². The average Bonchev–Trinajstić information content (AvgIpc) is 2.04. The zero-order valence-electron chi connectivity index (χ0n) is 7.51. The molecule has 1 aromatic rings. The molecule has 0 unspecified atom stereocenters. The lowest BCUT2D eigenvalue weighted by molar-refractivity contribution is 0.297. The summed E-state index contributed by atoms with van der Waals surface area (Å²) in [5.74, 6) is -0.0709. The minimum Gasteiger partial charge on any atom is -0.494 e. The van der Waals surface area contributed by atoms with Crippen molar-refractivity contribution in [3.8, 4) is 0 Å². The van der Waals surface area contributed by atoms with Crippen molar-refractivity contribution in [3.05, 3.63) is 36.2 Å². The normalized spacial score (nSPS) is 9.69. The average molecular weight is 181 g/mol. The Labute approximate surface area is 76.8 Å². The molecule has 0 bridgehead atoms. The van der Waals surface area contributed by atoms with Crippen molar-refractivity contribution in [2.45, 2.75) is 6.92 Å². The molecule has 0 heterocycles. The Morgan fingerprint density at radius 2 is 2.31 bits per heavy atom. The van der Waals surface area contributed by atoms with Gasteiger partial charge in [-0.15, -0.1) is 0 Å². The monoisotopic (exact) mass is 181 g/mol. The lowest BCUT2D eigenvalue weighted by Gasteiger charge is -2.07. The quantitative estimate of drug-likeness (QED) is 0.574. The Morgan fingerprint density at radius 1 is 1.62 bits per heavy atom. The maximum atomic E-state index is 13.2. The molecule has 1 rings (SSSR count). The second-order valence-corrected chi connectivity index (χ2v) is 2.60. The highest BCUT2D eigenvalue weighted by Gasteiger charge is 2.06. The van der Waals surface area contributed by atoms with Gasteiger partial charge in [-0.2, -0.15) is 0 Å². The molecule has 0 amide bonds. The summed E-state index contributed by atoms with van der Waals surface area (Å²) in [6.07, 6.45) is 0. The van der Waals surface area contributed by atoms with Crippen LogP contribution in [0, 0.1) is 5.82 Å². The van der Waals surface area contributed by atoms with Crippen LogP contribution < -0.4 is 5.73 Å². The van der Waals surface area contributed by atoms with Gasteiger partial charge in [0.05, 0.1) is 12.2 Å². The van der Waals surface area contributed by atoms with Gasteiger partial charge in [0.2, 0.25) is 0 Å². The predicted octanol–water partition coefficient (Wildman–Crippen LogP) is 2.42. The number of benzene rings is 1. The number of halogens is 1. The number of hydrogen-bond acceptors (Lipinski definition) is 2. The Morgan fingerprint density at radius 3 is 2.85 bits per heavy atom. The molecule has 0 aliphatic carbocycles. The SMILES string of the molecule is C=C(OCC)c1ccc(N)cc1F. The van der Waals surface area contributed by atoms with E-state index in [1.165, 1.54) is 6.07 Å². The van der Waals surface area contributed by atoms with E-state index in [9.17, 15) is 4.39 Å². The minimum absolute atomic E-state index is 0.333. The van der Waals surface area contributed by atoms with E-state index in [4.69, 9.17) is 10.5 Å². The predicted molar refractivity (Wildman–Crippen MR) is 51.5 cm³/mol. The third kappa shape index (κ3) is 2.21. The lowest BCUT2D eigenvalue weighted by atomic mass is 10.1. The van der Waals surface area contributed by atoms with Crippen LogP contribution in [0.15, 0.2) is 24.8 Å². The Kier molecular flexibility index (Phi) is 2.90.